The van der Waals surface area contributed by atoms with Crippen LogP contribution >= 0.6 is 0 Å². The normalized spacial score (nSPS) is 13.7. The van der Waals surface area contributed by atoms with Crippen molar-refractivity contribution in [3.8, 4) is 0 Å². The monoisotopic (exact) mass is 224 g/mol. The summed E-state index contributed by atoms with van der Waals surface area (Å²) >= 11 is 0. The lowest BCUT2D eigenvalue weighted by molar-refractivity contribution is 0.119. The van der Waals surface area contributed by atoms with E-state index >= 15 is 0 Å². The van der Waals surface area contributed by atoms with E-state index < -0.39 is 5.60 Å². The Kier molecular flexibility index (Phi) is 8.28. The van der Waals surface area contributed by atoms with E-state index in [-0.39, 0.29) is 0 Å². The fourth-order valence-electron chi connectivity index (χ4n) is 1.36. The summed E-state index contributed by atoms with van der Waals surface area (Å²) in [5.74, 6) is 0. The predicted molar refractivity (Wildman–Crippen MR) is 72.6 cm³/mol. The van der Waals surface area contributed by atoms with Crippen LogP contribution in [0.5, 0.6) is 0 Å². The zero-order valence-corrected chi connectivity index (χ0v) is 11.4. The van der Waals surface area contributed by atoms with E-state index in [0.29, 0.717) is 0 Å². The van der Waals surface area contributed by atoms with Gasteiger partial charge in [-0.25, -0.2) is 0 Å². The fourth-order valence-corrected chi connectivity index (χ4v) is 1.36. The van der Waals surface area contributed by atoms with Gasteiger partial charge in [0.25, 0.3) is 0 Å². The Hall–Kier alpha value is -0.560. The Morgan fingerprint density at radius 3 is 2.12 bits per heavy atom. The van der Waals surface area contributed by atoms with E-state index in [0.717, 1.165) is 18.4 Å². The Labute approximate surface area is 101 Å². The van der Waals surface area contributed by atoms with Crippen molar-refractivity contribution in [2.45, 2.75) is 71.8 Å². The lowest BCUT2D eigenvalue weighted by Gasteiger charge is -2.17. The molecule has 0 unspecified atom stereocenters. The summed E-state index contributed by atoms with van der Waals surface area (Å²) in [5, 5.41) is 9.70. The minimum absolute atomic E-state index is 0.656. The van der Waals surface area contributed by atoms with E-state index in [1.165, 1.54) is 25.7 Å². The van der Waals surface area contributed by atoms with E-state index in [4.69, 9.17) is 0 Å². The summed E-state index contributed by atoms with van der Waals surface area (Å²) in [6.45, 7) is 7.89. The third kappa shape index (κ3) is 8.72. The van der Waals surface area contributed by atoms with Crippen LogP contribution in [0.25, 0.3) is 0 Å². The van der Waals surface area contributed by atoms with Gasteiger partial charge >= 0.3 is 0 Å². The van der Waals surface area contributed by atoms with Gasteiger partial charge < -0.3 is 5.11 Å². The van der Waals surface area contributed by atoms with Gasteiger partial charge in [-0.15, -0.1) is 0 Å². The maximum atomic E-state index is 9.70. The molecule has 0 bridgehead atoms. The molecule has 1 heteroatoms. The van der Waals surface area contributed by atoms with Crippen LogP contribution < -0.4 is 0 Å². The molecule has 16 heavy (non-hydrogen) atoms. The zero-order chi connectivity index (χ0) is 12.4. The molecule has 0 aliphatic heterocycles. The lowest BCUT2D eigenvalue weighted by atomic mass is 9.98. The van der Waals surface area contributed by atoms with Crippen molar-refractivity contribution in [1.82, 2.24) is 0 Å². The van der Waals surface area contributed by atoms with Crippen LogP contribution in [0.2, 0.25) is 0 Å². The predicted octanol–water partition coefficient (Wildman–Crippen LogP) is 4.62. The van der Waals surface area contributed by atoms with Crippen molar-refractivity contribution in [2.75, 3.05) is 0 Å². The molecule has 0 amide bonds. The average Bonchev–Trinajstić information content (AvgIpc) is 2.20. The number of hydrogen-bond donors (Lipinski definition) is 1. The highest BCUT2D eigenvalue weighted by Gasteiger charge is 2.13. The number of rotatable bonds is 8. The van der Waals surface area contributed by atoms with Crippen LogP contribution in [-0.4, -0.2) is 10.7 Å². The van der Waals surface area contributed by atoms with Crippen LogP contribution in [0.3, 0.4) is 0 Å². The minimum atomic E-state index is -0.656. The van der Waals surface area contributed by atoms with Gasteiger partial charge in [0.1, 0.15) is 0 Å². The Morgan fingerprint density at radius 1 is 1.06 bits per heavy atom. The van der Waals surface area contributed by atoms with Crippen molar-refractivity contribution >= 4 is 0 Å². The van der Waals surface area contributed by atoms with Crippen LogP contribution in [0, 0.1) is 0 Å². The van der Waals surface area contributed by atoms with Crippen LogP contribution in [0.15, 0.2) is 23.8 Å². The van der Waals surface area contributed by atoms with Gasteiger partial charge in [0.2, 0.25) is 0 Å². The van der Waals surface area contributed by atoms with E-state index in [1.807, 2.05) is 20.8 Å². The highest BCUT2D eigenvalue weighted by Crippen LogP contribution is 2.15. The quantitative estimate of drug-likeness (QED) is 0.471. The van der Waals surface area contributed by atoms with Crippen LogP contribution in [0.1, 0.15) is 66.2 Å². The Bertz CT molecular complexity index is 218. The molecular weight excluding hydrogens is 196 g/mol. The fraction of sp³-hybridized carbons (Fsp3) is 0.733. The first-order valence-corrected chi connectivity index (χ1v) is 6.53. The molecule has 0 aromatic carbocycles. The Morgan fingerprint density at radius 2 is 1.62 bits per heavy atom. The first kappa shape index (κ1) is 15.4. The third-order valence-electron chi connectivity index (χ3n) is 2.88. The van der Waals surface area contributed by atoms with Gasteiger partial charge in [-0.05, 0) is 52.0 Å². The molecule has 0 rings (SSSR count). The Balaban J connectivity index is 3.57. The molecule has 0 saturated heterocycles. The highest BCUT2D eigenvalue weighted by molar-refractivity contribution is 5.10. The van der Waals surface area contributed by atoms with Crippen molar-refractivity contribution in [3.63, 3.8) is 0 Å². The highest BCUT2D eigenvalue weighted by atomic mass is 16.3. The minimum Gasteiger partial charge on any atom is -0.386 e. The second-order valence-corrected chi connectivity index (χ2v) is 4.99. The molecule has 0 radical (unpaired) electrons. The molecule has 0 atom stereocenters. The molecule has 0 aromatic rings. The first-order chi connectivity index (χ1) is 7.48. The molecule has 0 aromatic heterocycles. The maximum Gasteiger partial charge on any atom is 0.0798 e. The molecule has 0 heterocycles. The van der Waals surface area contributed by atoms with Crippen molar-refractivity contribution in [2.24, 2.45) is 0 Å². The van der Waals surface area contributed by atoms with E-state index in [9.17, 15) is 5.11 Å². The van der Waals surface area contributed by atoms with E-state index in [1.54, 1.807) is 0 Å². The standard InChI is InChI=1S/C15H28O/c1-5-6-7-8-9-10-11-12-13-14(2)15(3,4)16/h8-9,13,16H,5-7,10-12H2,1-4H3. The summed E-state index contributed by atoms with van der Waals surface area (Å²) in [7, 11) is 0. The average molecular weight is 224 g/mol. The smallest absolute Gasteiger partial charge is 0.0798 e. The summed E-state index contributed by atoms with van der Waals surface area (Å²) in [5.41, 5.74) is 0.416. The van der Waals surface area contributed by atoms with Crippen molar-refractivity contribution in [1.29, 1.82) is 0 Å². The zero-order valence-electron chi connectivity index (χ0n) is 11.4. The van der Waals surface area contributed by atoms with Gasteiger partial charge in [-0.2, -0.15) is 0 Å². The summed E-state index contributed by atoms with van der Waals surface area (Å²) in [6.07, 6.45) is 13.9. The largest absolute Gasteiger partial charge is 0.386 e. The molecule has 0 spiro atoms. The van der Waals surface area contributed by atoms with Gasteiger partial charge in [-0.1, -0.05) is 38.0 Å². The molecule has 1 nitrogen and oxygen atoms in total. The maximum absolute atomic E-state index is 9.70. The molecule has 0 aliphatic carbocycles. The van der Waals surface area contributed by atoms with Crippen LogP contribution in [-0.2, 0) is 0 Å². The second-order valence-electron chi connectivity index (χ2n) is 4.99. The second kappa shape index (κ2) is 8.58. The van der Waals surface area contributed by atoms with Crippen molar-refractivity contribution in [3.05, 3.63) is 23.8 Å². The summed E-state index contributed by atoms with van der Waals surface area (Å²) in [6, 6.07) is 0. The summed E-state index contributed by atoms with van der Waals surface area (Å²) in [4.78, 5) is 0. The molecule has 94 valence electrons. The van der Waals surface area contributed by atoms with Gasteiger partial charge in [0.05, 0.1) is 5.60 Å². The van der Waals surface area contributed by atoms with Gasteiger partial charge in [-0.3, -0.25) is 0 Å². The first-order valence-electron chi connectivity index (χ1n) is 6.53. The number of unbranched alkanes of at least 4 members (excludes halogenated alkanes) is 4. The number of allylic oxidation sites excluding steroid dienone is 3. The molecule has 1 N–H and O–H groups in total. The lowest BCUT2D eigenvalue weighted by Crippen LogP contribution is -2.19. The molecule has 0 saturated carbocycles. The third-order valence-corrected chi connectivity index (χ3v) is 2.88. The van der Waals surface area contributed by atoms with Gasteiger partial charge in [0.15, 0.2) is 0 Å². The number of hydrogen-bond acceptors (Lipinski definition) is 1. The SMILES string of the molecule is CCCCC=CCCCC=C(C)C(C)(C)O. The molecule has 0 aliphatic rings. The number of aliphatic hydroxyl groups is 1. The topological polar surface area (TPSA) is 20.2 Å². The van der Waals surface area contributed by atoms with Crippen LogP contribution in [0.4, 0.5) is 0 Å². The van der Waals surface area contributed by atoms with Gasteiger partial charge in [0, 0.05) is 0 Å². The van der Waals surface area contributed by atoms with E-state index in [2.05, 4.69) is 25.2 Å². The molecular formula is C15H28O. The summed E-state index contributed by atoms with van der Waals surface area (Å²) < 4.78 is 0. The van der Waals surface area contributed by atoms with Crippen molar-refractivity contribution < 1.29 is 5.11 Å². The molecule has 0 fully saturated rings.